The van der Waals surface area contributed by atoms with Crippen molar-refractivity contribution in [1.82, 2.24) is 9.66 Å². The van der Waals surface area contributed by atoms with E-state index in [9.17, 15) is 4.79 Å². The van der Waals surface area contributed by atoms with E-state index < -0.39 is 0 Å². The third-order valence-corrected chi connectivity index (χ3v) is 4.28. The largest absolute Gasteiger partial charge is 0.329 e. The lowest BCUT2D eigenvalue weighted by atomic mass is 10.2. The highest BCUT2D eigenvalue weighted by molar-refractivity contribution is 7.71. The van der Waals surface area contributed by atoms with Crippen LogP contribution in [0.25, 0.3) is 10.2 Å². The number of rotatable bonds is 1. The van der Waals surface area contributed by atoms with Crippen molar-refractivity contribution in [3.05, 3.63) is 26.6 Å². The minimum Gasteiger partial charge on any atom is -0.329 e. The maximum atomic E-state index is 12.4. The molecule has 3 heterocycles. The quantitative estimate of drug-likeness (QED) is 0.806. The Balaban J connectivity index is 2.20. The second kappa shape index (κ2) is 4.27. The summed E-state index contributed by atoms with van der Waals surface area (Å²) in [5.41, 5.74) is 0.860. The molecule has 1 aliphatic rings. The second-order valence-corrected chi connectivity index (χ2v) is 5.53. The third-order valence-electron chi connectivity index (χ3n) is 3.10. The summed E-state index contributed by atoms with van der Waals surface area (Å²) in [6.45, 7) is 1.82. The molecule has 0 amide bonds. The van der Waals surface area contributed by atoms with Crippen molar-refractivity contribution >= 4 is 33.8 Å². The van der Waals surface area contributed by atoms with Crippen molar-refractivity contribution in [2.24, 2.45) is 0 Å². The molecule has 0 bridgehead atoms. The first-order valence-corrected chi connectivity index (χ1v) is 7.04. The molecule has 4 nitrogen and oxygen atoms in total. The molecule has 90 valence electrons. The van der Waals surface area contributed by atoms with Crippen LogP contribution in [0.1, 0.15) is 19.3 Å². The minimum absolute atomic E-state index is 0.0145. The lowest BCUT2D eigenvalue weighted by Crippen LogP contribution is -2.45. The van der Waals surface area contributed by atoms with Gasteiger partial charge in [0.2, 0.25) is 0 Å². The zero-order chi connectivity index (χ0) is 11.8. The highest BCUT2D eigenvalue weighted by Crippen LogP contribution is 2.15. The normalized spacial score (nSPS) is 16.6. The van der Waals surface area contributed by atoms with Crippen molar-refractivity contribution in [2.75, 3.05) is 18.1 Å². The Morgan fingerprint density at radius 2 is 2.06 bits per heavy atom. The molecule has 17 heavy (non-hydrogen) atoms. The Morgan fingerprint density at radius 1 is 1.29 bits per heavy atom. The zero-order valence-electron chi connectivity index (χ0n) is 9.31. The maximum absolute atomic E-state index is 12.4. The van der Waals surface area contributed by atoms with E-state index in [2.05, 4.69) is 9.99 Å². The van der Waals surface area contributed by atoms with Gasteiger partial charge in [-0.05, 0) is 42.9 Å². The SMILES string of the molecule is O=c1c2sccc2[nH]c(=S)n1N1CCCCC1. The highest BCUT2D eigenvalue weighted by Gasteiger charge is 2.15. The molecule has 0 atom stereocenters. The smallest absolute Gasteiger partial charge is 0.291 e. The minimum atomic E-state index is 0.0145. The molecular formula is C11H13N3OS2. The predicted octanol–water partition coefficient (Wildman–Crippen LogP) is 2.24. The third kappa shape index (κ3) is 1.81. The van der Waals surface area contributed by atoms with Gasteiger partial charge in [0.15, 0.2) is 4.77 Å². The summed E-state index contributed by atoms with van der Waals surface area (Å²) in [5.74, 6) is 0. The molecule has 3 rings (SSSR count). The zero-order valence-corrected chi connectivity index (χ0v) is 10.9. The molecule has 1 saturated heterocycles. The fourth-order valence-electron chi connectivity index (χ4n) is 2.26. The van der Waals surface area contributed by atoms with Crippen LogP contribution >= 0.6 is 23.6 Å². The molecule has 1 fully saturated rings. The van der Waals surface area contributed by atoms with Gasteiger partial charge in [0.1, 0.15) is 4.70 Å². The van der Waals surface area contributed by atoms with E-state index in [1.54, 1.807) is 4.68 Å². The molecule has 0 aromatic carbocycles. The van der Waals surface area contributed by atoms with Gasteiger partial charge in [0, 0.05) is 13.1 Å². The number of thiophene rings is 1. The Labute approximate surface area is 107 Å². The lowest BCUT2D eigenvalue weighted by molar-refractivity contribution is 0.465. The van der Waals surface area contributed by atoms with Gasteiger partial charge in [-0.25, -0.2) is 0 Å². The summed E-state index contributed by atoms with van der Waals surface area (Å²) >= 11 is 6.75. The fourth-order valence-corrected chi connectivity index (χ4v) is 3.35. The average molecular weight is 267 g/mol. The Hall–Kier alpha value is -1.14. The standard InChI is InChI=1S/C11H13N3OS2/c15-10-9-8(4-7-17-9)12-11(16)14(10)13-5-2-1-3-6-13/h4,7H,1-3,5-6H2,(H,12,16). The van der Waals surface area contributed by atoms with Crippen LogP contribution in [0.5, 0.6) is 0 Å². The van der Waals surface area contributed by atoms with Crippen molar-refractivity contribution < 1.29 is 0 Å². The number of nitrogens with zero attached hydrogens (tertiary/aromatic N) is 2. The van der Waals surface area contributed by atoms with E-state index in [-0.39, 0.29) is 5.56 Å². The molecule has 0 radical (unpaired) electrons. The van der Waals surface area contributed by atoms with Gasteiger partial charge in [-0.2, -0.15) is 4.68 Å². The predicted molar refractivity (Wildman–Crippen MR) is 73.1 cm³/mol. The van der Waals surface area contributed by atoms with Gasteiger partial charge >= 0.3 is 0 Å². The van der Waals surface area contributed by atoms with Gasteiger partial charge in [-0.1, -0.05) is 0 Å². The van der Waals surface area contributed by atoms with Gasteiger partial charge < -0.3 is 9.99 Å². The maximum Gasteiger partial charge on any atom is 0.291 e. The summed E-state index contributed by atoms with van der Waals surface area (Å²) in [6, 6.07) is 1.90. The summed E-state index contributed by atoms with van der Waals surface area (Å²) in [5, 5.41) is 3.97. The van der Waals surface area contributed by atoms with Crippen molar-refractivity contribution in [1.29, 1.82) is 0 Å². The summed E-state index contributed by atoms with van der Waals surface area (Å²) in [6.07, 6.45) is 3.50. The molecule has 2 aromatic rings. The first kappa shape index (κ1) is 11.0. The van der Waals surface area contributed by atoms with E-state index in [1.165, 1.54) is 17.8 Å². The lowest BCUT2D eigenvalue weighted by Gasteiger charge is -2.29. The fraction of sp³-hybridized carbons (Fsp3) is 0.455. The number of piperidine rings is 1. The second-order valence-electron chi connectivity index (χ2n) is 4.22. The molecule has 0 aliphatic carbocycles. The number of hydrogen-bond donors (Lipinski definition) is 1. The van der Waals surface area contributed by atoms with Gasteiger partial charge in [-0.15, -0.1) is 11.3 Å². The van der Waals surface area contributed by atoms with Gasteiger partial charge in [0.25, 0.3) is 5.56 Å². The first-order chi connectivity index (χ1) is 8.27. The van der Waals surface area contributed by atoms with Gasteiger partial charge in [0.05, 0.1) is 5.52 Å². The van der Waals surface area contributed by atoms with Gasteiger partial charge in [-0.3, -0.25) is 4.79 Å². The summed E-state index contributed by atoms with van der Waals surface area (Å²) in [4.78, 5) is 15.5. The molecule has 1 aliphatic heterocycles. The Bertz CT molecular complexity index is 649. The molecule has 0 unspecified atom stereocenters. The van der Waals surface area contributed by atoms with Crippen LogP contribution in [0.4, 0.5) is 0 Å². The molecule has 2 aromatic heterocycles. The van der Waals surface area contributed by atoms with Crippen LogP contribution < -0.4 is 10.6 Å². The van der Waals surface area contributed by atoms with E-state index in [0.29, 0.717) is 4.77 Å². The Kier molecular flexibility index (Phi) is 2.76. The Morgan fingerprint density at radius 3 is 2.82 bits per heavy atom. The van der Waals surface area contributed by atoms with Crippen LogP contribution in [-0.2, 0) is 0 Å². The average Bonchev–Trinajstić information content (AvgIpc) is 2.78. The van der Waals surface area contributed by atoms with E-state index in [0.717, 1.165) is 36.1 Å². The molecule has 6 heteroatoms. The number of H-pyrrole nitrogens is 1. The topological polar surface area (TPSA) is 41.0 Å². The number of aromatic nitrogens is 2. The summed E-state index contributed by atoms with van der Waals surface area (Å²) in [7, 11) is 0. The van der Waals surface area contributed by atoms with Crippen molar-refractivity contribution in [2.45, 2.75) is 19.3 Å². The van der Waals surface area contributed by atoms with Crippen molar-refractivity contribution in [3.63, 3.8) is 0 Å². The summed E-state index contributed by atoms with van der Waals surface area (Å²) < 4.78 is 2.89. The van der Waals surface area contributed by atoms with Crippen LogP contribution in [0.15, 0.2) is 16.2 Å². The highest BCUT2D eigenvalue weighted by atomic mass is 32.1. The number of nitrogens with one attached hydrogen (secondary N) is 1. The molecule has 0 saturated carbocycles. The van der Waals surface area contributed by atoms with Crippen LogP contribution in [0.3, 0.4) is 0 Å². The van der Waals surface area contributed by atoms with E-state index in [1.807, 2.05) is 11.4 Å². The van der Waals surface area contributed by atoms with Crippen LogP contribution in [0.2, 0.25) is 0 Å². The molecular weight excluding hydrogens is 254 g/mol. The molecule has 0 spiro atoms. The number of aromatic amines is 1. The number of fused-ring (bicyclic) bond motifs is 1. The van der Waals surface area contributed by atoms with Crippen LogP contribution in [0, 0.1) is 4.77 Å². The van der Waals surface area contributed by atoms with E-state index in [4.69, 9.17) is 12.2 Å². The molecule has 1 N–H and O–H groups in total. The van der Waals surface area contributed by atoms with Crippen molar-refractivity contribution in [3.8, 4) is 0 Å². The van der Waals surface area contributed by atoms with E-state index >= 15 is 0 Å². The monoisotopic (exact) mass is 267 g/mol. The number of hydrogen-bond acceptors (Lipinski definition) is 4. The first-order valence-electron chi connectivity index (χ1n) is 5.75. The van der Waals surface area contributed by atoms with Crippen LogP contribution in [-0.4, -0.2) is 22.7 Å².